The molecular formula is C18H19N5O2. The quantitative estimate of drug-likeness (QED) is 0.668. The first-order valence-corrected chi connectivity index (χ1v) is 8.04. The minimum Gasteiger partial charge on any atom is -0.352 e. The van der Waals surface area contributed by atoms with Crippen LogP contribution >= 0.6 is 0 Å². The van der Waals surface area contributed by atoms with E-state index in [9.17, 15) is 9.59 Å². The predicted octanol–water partition coefficient (Wildman–Crippen LogP) is 3.12. The second-order valence-corrected chi connectivity index (χ2v) is 5.52. The summed E-state index contributed by atoms with van der Waals surface area (Å²) >= 11 is 0. The number of hydrogen-bond acceptors (Lipinski definition) is 3. The monoisotopic (exact) mass is 337 g/mol. The van der Waals surface area contributed by atoms with E-state index in [1.807, 2.05) is 17.4 Å². The van der Waals surface area contributed by atoms with E-state index < -0.39 is 0 Å². The SMILES string of the molecule is CCCNC(=O)c1ccc(NC(=O)Nc2ccc3nccn3c2)cc1. The molecule has 0 radical (unpaired) electrons. The molecule has 7 heteroatoms. The summed E-state index contributed by atoms with van der Waals surface area (Å²) in [5.74, 6) is -0.119. The van der Waals surface area contributed by atoms with Gasteiger partial charge in [0.05, 0.1) is 5.69 Å². The van der Waals surface area contributed by atoms with Gasteiger partial charge in [-0.3, -0.25) is 4.79 Å². The minimum atomic E-state index is -0.359. The van der Waals surface area contributed by atoms with Crippen molar-refractivity contribution in [1.82, 2.24) is 14.7 Å². The summed E-state index contributed by atoms with van der Waals surface area (Å²) in [6.45, 7) is 2.64. The fraction of sp³-hybridized carbons (Fsp3) is 0.167. The second-order valence-electron chi connectivity index (χ2n) is 5.52. The molecule has 0 bridgehead atoms. The van der Waals surface area contributed by atoms with Gasteiger partial charge in [0.15, 0.2) is 0 Å². The van der Waals surface area contributed by atoms with Crippen molar-refractivity contribution >= 4 is 29.0 Å². The maximum absolute atomic E-state index is 12.1. The van der Waals surface area contributed by atoms with Crippen molar-refractivity contribution in [1.29, 1.82) is 0 Å². The van der Waals surface area contributed by atoms with E-state index in [0.717, 1.165) is 12.1 Å². The zero-order chi connectivity index (χ0) is 17.6. The summed E-state index contributed by atoms with van der Waals surface area (Å²) in [5.41, 5.74) is 2.62. The third kappa shape index (κ3) is 4.14. The fourth-order valence-electron chi connectivity index (χ4n) is 2.33. The molecule has 2 heterocycles. The number of anilines is 2. The van der Waals surface area contributed by atoms with Gasteiger partial charge in [0.2, 0.25) is 0 Å². The molecule has 0 aliphatic heterocycles. The third-order valence-corrected chi connectivity index (χ3v) is 3.59. The van der Waals surface area contributed by atoms with Crippen LogP contribution in [0.2, 0.25) is 0 Å². The van der Waals surface area contributed by atoms with Gasteiger partial charge in [-0.05, 0) is 42.8 Å². The van der Waals surface area contributed by atoms with E-state index in [-0.39, 0.29) is 11.9 Å². The Labute approximate surface area is 145 Å². The molecule has 0 spiro atoms. The summed E-state index contributed by atoms with van der Waals surface area (Å²) in [6.07, 6.45) is 6.16. The highest BCUT2D eigenvalue weighted by Gasteiger charge is 2.07. The number of benzene rings is 1. The van der Waals surface area contributed by atoms with E-state index in [1.54, 1.807) is 48.9 Å². The Kier molecular flexibility index (Phi) is 4.94. The summed E-state index contributed by atoms with van der Waals surface area (Å²) in [5, 5.41) is 8.30. The molecule has 0 saturated heterocycles. The molecule has 0 aliphatic rings. The Morgan fingerprint density at radius 2 is 1.76 bits per heavy atom. The molecule has 0 aliphatic carbocycles. The number of fused-ring (bicyclic) bond motifs is 1. The number of amides is 3. The molecule has 3 N–H and O–H groups in total. The van der Waals surface area contributed by atoms with Crippen LogP contribution < -0.4 is 16.0 Å². The van der Waals surface area contributed by atoms with Crippen LogP contribution in [0.3, 0.4) is 0 Å². The molecule has 7 nitrogen and oxygen atoms in total. The smallest absolute Gasteiger partial charge is 0.323 e. The molecule has 0 atom stereocenters. The summed E-state index contributed by atoms with van der Waals surface area (Å²) < 4.78 is 1.82. The number of hydrogen-bond donors (Lipinski definition) is 3. The molecule has 25 heavy (non-hydrogen) atoms. The van der Waals surface area contributed by atoms with Gasteiger partial charge in [-0.2, -0.15) is 0 Å². The van der Waals surface area contributed by atoms with Gasteiger partial charge in [-0.25, -0.2) is 9.78 Å². The highest BCUT2D eigenvalue weighted by Crippen LogP contribution is 2.12. The number of aromatic nitrogens is 2. The lowest BCUT2D eigenvalue weighted by molar-refractivity contribution is 0.0953. The zero-order valence-corrected chi connectivity index (χ0v) is 13.8. The standard InChI is InChI=1S/C18H19N5O2/c1-2-9-20-17(24)13-3-5-14(6-4-13)21-18(25)22-15-7-8-16-19-10-11-23(16)12-15/h3-8,10-12H,2,9H2,1H3,(H,20,24)(H2,21,22,25). The highest BCUT2D eigenvalue weighted by atomic mass is 16.2. The van der Waals surface area contributed by atoms with Gasteiger partial charge in [-0.15, -0.1) is 0 Å². The Hall–Kier alpha value is -3.35. The molecule has 0 fully saturated rings. The number of carbonyl (C=O) groups is 2. The van der Waals surface area contributed by atoms with E-state index in [4.69, 9.17) is 0 Å². The van der Waals surface area contributed by atoms with E-state index >= 15 is 0 Å². The molecule has 3 rings (SSSR count). The van der Waals surface area contributed by atoms with Crippen molar-refractivity contribution in [3.05, 3.63) is 60.6 Å². The number of imidazole rings is 1. The van der Waals surface area contributed by atoms with Crippen molar-refractivity contribution in [3.63, 3.8) is 0 Å². The Balaban J connectivity index is 1.59. The Morgan fingerprint density at radius 1 is 1.04 bits per heavy atom. The van der Waals surface area contributed by atoms with E-state index in [2.05, 4.69) is 20.9 Å². The van der Waals surface area contributed by atoms with Gasteiger partial charge in [-0.1, -0.05) is 6.92 Å². The van der Waals surface area contributed by atoms with Crippen molar-refractivity contribution in [2.24, 2.45) is 0 Å². The molecule has 3 amide bonds. The lowest BCUT2D eigenvalue weighted by Crippen LogP contribution is -2.24. The largest absolute Gasteiger partial charge is 0.352 e. The molecular weight excluding hydrogens is 318 g/mol. The first-order chi connectivity index (χ1) is 12.2. The van der Waals surface area contributed by atoms with Crippen molar-refractivity contribution in [2.75, 3.05) is 17.2 Å². The van der Waals surface area contributed by atoms with Crippen LogP contribution in [0.5, 0.6) is 0 Å². The number of nitrogens with one attached hydrogen (secondary N) is 3. The maximum atomic E-state index is 12.1. The van der Waals surface area contributed by atoms with Crippen molar-refractivity contribution in [3.8, 4) is 0 Å². The summed E-state index contributed by atoms with van der Waals surface area (Å²) in [6, 6.07) is 9.99. The molecule has 1 aromatic carbocycles. The molecule has 0 saturated carbocycles. The number of rotatable bonds is 5. The van der Waals surface area contributed by atoms with Crippen LogP contribution in [0.4, 0.5) is 16.2 Å². The number of nitrogens with zero attached hydrogens (tertiary/aromatic N) is 2. The predicted molar refractivity (Wildman–Crippen MR) is 96.9 cm³/mol. The Morgan fingerprint density at radius 3 is 2.52 bits per heavy atom. The lowest BCUT2D eigenvalue weighted by atomic mass is 10.2. The van der Waals surface area contributed by atoms with E-state index in [0.29, 0.717) is 23.5 Å². The average Bonchev–Trinajstić information content (AvgIpc) is 3.08. The fourth-order valence-corrected chi connectivity index (χ4v) is 2.33. The van der Waals surface area contributed by atoms with Crippen LogP contribution in [-0.2, 0) is 0 Å². The lowest BCUT2D eigenvalue weighted by Gasteiger charge is -2.09. The average molecular weight is 337 g/mol. The zero-order valence-electron chi connectivity index (χ0n) is 13.8. The maximum Gasteiger partial charge on any atom is 0.323 e. The van der Waals surface area contributed by atoms with Gasteiger partial charge in [0.1, 0.15) is 5.65 Å². The molecule has 0 unspecified atom stereocenters. The number of carbonyl (C=O) groups excluding carboxylic acids is 2. The van der Waals surface area contributed by atoms with Crippen molar-refractivity contribution < 1.29 is 9.59 Å². The van der Waals surface area contributed by atoms with Gasteiger partial charge in [0.25, 0.3) is 5.91 Å². The van der Waals surface area contributed by atoms with Gasteiger partial charge in [0, 0.05) is 36.4 Å². The summed E-state index contributed by atoms with van der Waals surface area (Å²) in [4.78, 5) is 28.1. The van der Waals surface area contributed by atoms with Crippen LogP contribution in [0.15, 0.2) is 55.0 Å². The molecule has 2 aromatic heterocycles. The van der Waals surface area contributed by atoms with Gasteiger partial charge >= 0.3 is 6.03 Å². The van der Waals surface area contributed by atoms with Crippen LogP contribution in [0.1, 0.15) is 23.7 Å². The first kappa shape index (κ1) is 16.5. The first-order valence-electron chi connectivity index (χ1n) is 8.04. The van der Waals surface area contributed by atoms with E-state index in [1.165, 1.54) is 0 Å². The van der Waals surface area contributed by atoms with Crippen molar-refractivity contribution in [2.45, 2.75) is 13.3 Å². The van der Waals surface area contributed by atoms with Crippen LogP contribution in [0, 0.1) is 0 Å². The third-order valence-electron chi connectivity index (χ3n) is 3.59. The molecule has 3 aromatic rings. The second kappa shape index (κ2) is 7.48. The topological polar surface area (TPSA) is 87.5 Å². The number of urea groups is 1. The Bertz CT molecular complexity index is 886. The normalized spacial score (nSPS) is 10.4. The molecule has 128 valence electrons. The van der Waals surface area contributed by atoms with Gasteiger partial charge < -0.3 is 20.4 Å². The highest BCUT2D eigenvalue weighted by molar-refractivity contribution is 6.00. The minimum absolute atomic E-state index is 0.119. The summed E-state index contributed by atoms with van der Waals surface area (Å²) in [7, 11) is 0. The van der Waals surface area contributed by atoms with Crippen LogP contribution in [-0.4, -0.2) is 27.9 Å². The number of pyridine rings is 1. The van der Waals surface area contributed by atoms with Crippen LogP contribution in [0.25, 0.3) is 5.65 Å².